The van der Waals surface area contributed by atoms with Crippen molar-refractivity contribution in [1.82, 2.24) is 0 Å². The molecule has 0 fully saturated rings. The molecule has 0 saturated carbocycles. The second-order valence-corrected chi connectivity index (χ2v) is 4.47. The number of benzene rings is 1. The number of carbonyl (C=O) groups excluding carboxylic acids is 1. The van der Waals surface area contributed by atoms with Gasteiger partial charge in [0.15, 0.2) is 11.3 Å². The van der Waals surface area contributed by atoms with Gasteiger partial charge < -0.3 is 5.73 Å². The Hall–Kier alpha value is -0.780. The topological polar surface area (TPSA) is 43.1 Å². The highest BCUT2D eigenvalue weighted by Crippen LogP contribution is 2.32. The Balaban J connectivity index is 3.17. The minimum atomic E-state index is -4.84. The van der Waals surface area contributed by atoms with E-state index in [1.807, 2.05) is 0 Å². The van der Waals surface area contributed by atoms with Gasteiger partial charge in [-0.05, 0) is 25.1 Å². The number of halogens is 5. The summed E-state index contributed by atoms with van der Waals surface area (Å²) in [5, 5.41) is 0.143. The first-order chi connectivity index (χ1) is 7.57. The second-order valence-electron chi connectivity index (χ2n) is 3.66. The Morgan fingerprint density at radius 1 is 1.24 bits per heavy atom. The van der Waals surface area contributed by atoms with Crippen LogP contribution in [0, 0.1) is 0 Å². The summed E-state index contributed by atoms with van der Waals surface area (Å²) in [6, 6.07) is 3.44. The molecule has 0 spiro atoms. The number of carbonyl (C=O) groups is 1. The van der Waals surface area contributed by atoms with Crippen LogP contribution in [-0.2, 0) is 0 Å². The number of Topliss-reactive ketones (excluding diaryl/α,β-unsaturated/α-hetero) is 1. The van der Waals surface area contributed by atoms with Crippen LogP contribution in [0.1, 0.15) is 17.3 Å². The third kappa shape index (κ3) is 2.73. The zero-order chi connectivity index (χ0) is 13.4. The van der Waals surface area contributed by atoms with Gasteiger partial charge in [0.2, 0.25) is 0 Å². The Morgan fingerprint density at radius 3 is 2.18 bits per heavy atom. The molecule has 0 aliphatic heterocycles. The van der Waals surface area contributed by atoms with Crippen LogP contribution in [0.4, 0.5) is 13.2 Å². The highest BCUT2D eigenvalue weighted by Gasteiger charge is 2.53. The van der Waals surface area contributed by atoms with Gasteiger partial charge in [-0.15, -0.1) is 0 Å². The van der Waals surface area contributed by atoms with E-state index in [0.717, 1.165) is 12.1 Å². The highest BCUT2D eigenvalue weighted by atomic mass is 35.5. The molecule has 94 valence electrons. The molecule has 0 aliphatic carbocycles. The molecule has 0 heterocycles. The smallest absolute Gasteiger partial charge is 0.311 e. The quantitative estimate of drug-likeness (QED) is 0.846. The summed E-state index contributed by atoms with van der Waals surface area (Å²) < 4.78 is 37.6. The van der Waals surface area contributed by atoms with Gasteiger partial charge in [-0.25, -0.2) is 0 Å². The van der Waals surface area contributed by atoms with Crippen LogP contribution in [0.2, 0.25) is 10.0 Å². The van der Waals surface area contributed by atoms with Crippen molar-refractivity contribution < 1.29 is 18.0 Å². The van der Waals surface area contributed by atoms with E-state index in [-0.39, 0.29) is 15.6 Å². The van der Waals surface area contributed by atoms with Crippen LogP contribution in [0.5, 0.6) is 0 Å². The maximum Gasteiger partial charge on any atom is 0.413 e. The van der Waals surface area contributed by atoms with Crippen LogP contribution < -0.4 is 5.73 Å². The average molecular weight is 286 g/mol. The number of rotatable bonds is 2. The van der Waals surface area contributed by atoms with E-state index < -0.39 is 17.5 Å². The number of hydrogen-bond acceptors (Lipinski definition) is 2. The van der Waals surface area contributed by atoms with E-state index in [2.05, 4.69) is 0 Å². The molecular weight excluding hydrogens is 278 g/mol. The SMILES string of the molecule is CC(N)(C(=O)c1ccc(Cl)c(Cl)c1)C(F)(F)F. The Bertz CT molecular complexity index is 457. The standard InChI is InChI=1S/C10H8Cl2F3NO/c1-9(16,10(13,14)15)8(17)5-2-3-6(11)7(12)4-5/h2-4H,16H2,1H3. The Kier molecular flexibility index (Phi) is 3.76. The minimum absolute atomic E-state index is 0.00417. The third-order valence-corrected chi connectivity index (χ3v) is 2.98. The van der Waals surface area contributed by atoms with Crippen molar-refractivity contribution in [2.45, 2.75) is 18.6 Å². The van der Waals surface area contributed by atoms with Crippen molar-refractivity contribution in [2.75, 3.05) is 0 Å². The average Bonchev–Trinajstić information content (AvgIpc) is 2.19. The van der Waals surface area contributed by atoms with Crippen LogP contribution in [0.3, 0.4) is 0 Å². The summed E-state index contributed by atoms with van der Waals surface area (Å²) in [5.41, 5.74) is 1.82. The second kappa shape index (κ2) is 4.48. The molecule has 1 rings (SSSR count). The lowest BCUT2D eigenvalue weighted by atomic mass is 9.92. The summed E-state index contributed by atoms with van der Waals surface area (Å²) >= 11 is 11.2. The molecular formula is C10H8Cl2F3NO. The van der Waals surface area contributed by atoms with Gasteiger partial charge in [0, 0.05) is 5.56 Å². The molecule has 1 aromatic carbocycles. The molecule has 1 aromatic rings. The number of ketones is 1. The third-order valence-electron chi connectivity index (χ3n) is 2.24. The van der Waals surface area contributed by atoms with E-state index in [1.54, 1.807) is 0 Å². The van der Waals surface area contributed by atoms with Crippen molar-refractivity contribution in [3.8, 4) is 0 Å². The molecule has 0 amide bonds. The first-order valence-corrected chi connectivity index (χ1v) is 5.18. The van der Waals surface area contributed by atoms with Crippen molar-refractivity contribution >= 4 is 29.0 Å². The molecule has 0 bridgehead atoms. The molecule has 1 atom stereocenters. The molecule has 0 radical (unpaired) electrons. The van der Waals surface area contributed by atoms with E-state index in [1.165, 1.54) is 6.07 Å². The zero-order valence-corrected chi connectivity index (χ0v) is 10.1. The number of nitrogens with two attached hydrogens (primary N) is 1. The minimum Gasteiger partial charge on any atom is -0.311 e. The summed E-state index contributed by atoms with van der Waals surface area (Å²) in [6.45, 7) is 0.609. The molecule has 0 aliphatic rings. The molecule has 0 saturated heterocycles. The van der Waals surface area contributed by atoms with Crippen LogP contribution in [-0.4, -0.2) is 17.5 Å². The van der Waals surface area contributed by atoms with Crippen LogP contribution in [0.25, 0.3) is 0 Å². The predicted molar refractivity (Wildman–Crippen MR) is 59.4 cm³/mol. The Labute approximate surface area is 105 Å². The Morgan fingerprint density at radius 2 is 1.76 bits per heavy atom. The molecule has 7 heteroatoms. The van der Waals surface area contributed by atoms with Crippen molar-refractivity contribution in [3.05, 3.63) is 33.8 Å². The molecule has 17 heavy (non-hydrogen) atoms. The van der Waals surface area contributed by atoms with Gasteiger partial charge in [0.25, 0.3) is 0 Å². The lowest BCUT2D eigenvalue weighted by Gasteiger charge is -2.26. The van der Waals surface area contributed by atoms with E-state index in [4.69, 9.17) is 28.9 Å². The van der Waals surface area contributed by atoms with Crippen molar-refractivity contribution in [1.29, 1.82) is 0 Å². The van der Waals surface area contributed by atoms with E-state index >= 15 is 0 Å². The van der Waals surface area contributed by atoms with E-state index in [9.17, 15) is 18.0 Å². The van der Waals surface area contributed by atoms with Crippen LogP contribution >= 0.6 is 23.2 Å². The lowest BCUT2D eigenvalue weighted by Crippen LogP contribution is -2.57. The molecule has 2 nitrogen and oxygen atoms in total. The predicted octanol–water partition coefficient (Wildman–Crippen LogP) is 3.46. The van der Waals surface area contributed by atoms with Gasteiger partial charge >= 0.3 is 6.18 Å². The van der Waals surface area contributed by atoms with Crippen molar-refractivity contribution in [3.63, 3.8) is 0 Å². The lowest BCUT2D eigenvalue weighted by molar-refractivity contribution is -0.165. The molecule has 2 N–H and O–H groups in total. The number of hydrogen-bond donors (Lipinski definition) is 1. The van der Waals surface area contributed by atoms with Gasteiger partial charge in [0.05, 0.1) is 10.0 Å². The first-order valence-electron chi connectivity index (χ1n) is 4.43. The fourth-order valence-electron chi connectivity index (χ4n) is 1.07. The fourth-order valence-corrected chi connectivity index (χ4v) is 1.36. The summed E-state index contributed by atoms with van der Waals surface area (Å²) in [4.78, 5) is 11.6. The molecule has 1 unspecified atom stereocenters. The molecule has 0 aromatic heterocycles. The number of alkyl halides is 3. The van der Waals surface area contributed by atoms with Gasteiger partial charge in [-0.3, -0.25) is 4.79 Å². The summed E-state index contributed by atoms with van der Waals surface area (Å²) in [5.74, 6) is -1.26. The van der Waals surface area contributed by atoms with Crippen LogP contribution in [0.15, 0.2) is 18.2 Å². The largest absolute Gasteiger partial charge is 0.413 e. The maximum absolute atomic E-state index is 12.5. The van der Waals surface area contributed by atoms with Gasteiger partial charge in [-0.2, -0.15) is 13.2 Å². The first kappa shape index (κ1) is 14.3. The monoisotopic (exact) mass is 285 g/mol. The van der Waals surface area contributed by atoms with Crippen molar-refractivity contribution in [2.24, 2.45) is 5.73 Å². The highest BCUT2D eigenvalue weighted by molar-refractivity contribution is 6.42. The zero-order valence-electron chi connectivity index (χ0n) is 8.61. The van der Waals surface area contributed by atoms with Gasteiger partial charge in [0.1, 0.15) is 0 Å². The summed E-state index contributed by atoms with van der Waals surface area (Å²) in [6.07, 6.45) is -4.84. The van der Waals surface area contributed by atoms with Gasteiger partial charge in [-0.1, -0.05) is 23.2 Å². The van der Waals surface area contributed by atoms with E-state index in [0.29, 0.717) is 6.92 Å². The maximum atomic E-state index is 12.5. The summed E-state index contributed by atoms with van der Waals surface area (Å²) in [7, 11) is 0. The fraction of sp³-hybridized carbons (Fsp3) is 0.300. The normalized spacial score (nSPS) is 15.5.